The maximum absolute atomic E-state index is 5.82. The summed E-state index contributed by atoms with van der Waals surface area (Å²) >= 11 is 0. The number of aryl methyl sites for hydroxylation is 2. The smallest absolute Gasteiger partial charge is 0.181 e. The maximum Gasteiger partial charge on any atom is 0.181 e. The van der Waals surface area contributed by atoms with E-state index in [2.05, 4.69) is 69.8 Å². The molecule has 3 aromatic heterocycles. The third kappa shape index (κ3) is 4.75. The molecule has 6 rings (SSSR count). The van der Waals surface area contributed by atoms with Crippen LogP contribution in [0.25, 0.3) is 44.7 Å². The number of aromatic nitrogens is 5. The molecule has 6 nitrogen and oxygen atoms in total. The van der Waals surface area contributed by atoms with Crippen LogP contribution in [0.5, 0.6) is 0 Å². The summed E-state index contributed by atoms with van der Waals surface area (Å²) in [6.45, 7) is 0.518. The number of benzene rings is 3. The zero-order chi connectivity index (χ0) is 25.0. The Morgan fingerprint density at radius 3 is 2.16 bits per heavy atom. The Balaban J connectivity index is 1.37. The van der Waals surface area contributed by atoms with Crippen LogP contribution in [-0.2, 0) is 19.4 Å². The zero-order valence-electron chi connectivity index (χ0n) is 20.3. The average Bonchev–Trinajstić information content (AvgIpc) is 3.45. The van der Waals surface area contributed by atoms with Gasteiger partial charge in [0.2, 0.25) is 0 Å². The second-order valence-corrected chi connectivity index (χ2v) is 8.95. The standard InChI is InChI=1S/C31H26N6/c32-20-21-11-13-23(14-12-21)30-25(22-7-3-1-4-8-22)19-26-27(33-18-17-28(26)34-30)15-16-29-35-31(37-36-29)24-9-5-2-6-10-24/h1-14,17-19H,15-16,20,32H2,(H,35,36,37). The normalized spacial score (nSPS) is 11.2. The molecule has 0 bridgehead atoms. The second-order valence-electron chi connectivity index (χ2n) is 8.95. The lowest BCUT2D eigenvalue weighted by atomic mass is 9.96. The number of H-pyrrole nitrogens is 1. The van der Waals surface area contributed by atoms with Crippen LogP contribution >= 0.6 is 0 Å². The first kappa shape index (κ1) is 22.8. The van der Waals surface area contributed by atoms with Crippen molar-refractivity contribution in [1.29, 1.82) is 0 Å². The summed E-state index contributed by atoms with van der Waals surface area (Å²) in [6, 6.07) is 32.9. The van der Waals surface area contributed by atoms with Gasteiger partial charge < -0.3 is 5.73 Å². The van der Waals surface area contributed by atoms with E-state index in [9.17, 15) is 0 Å². The molecule has 0 atom stereocenters. The minimum atomic E-state index is 0.518. The lowest BCUT2D eigenvalue weighted by Gasteiger charge is -2.13. The summed E-state index contributed by atoms with van der Waals surface area (Å²) in [5.74, 6) is 1.55. The molecule has 3 N–H and O–H groups in total. The van der Waals surface area contributed by atoms with E-state index in [-0.39, 0.29) is 0 Å². The minimum Gasteiger partial charge on any atom is -0.326 e. The molecule has 0 saturated carbocycles. The van der Waals surface area contributed by atoms with Gasteiger partial charge in [-0.25, -0.2) is 9.97 Å². The van der Waals surface area contributed by atoms with Gasteiger partial charge in [0.15, 0.2) is 5.82 Å². The molecule has 0 amide bonds. The number of fused-ring (bicyclic) bond motifs is 1. The lowest BCUT2D eigenvalue weighted by molar-refractivity contribution is 0.848. The second kappa shape index (κ2) is 10.1. The Morgan fingerprint density at radius 1 is 0.703 bits per heavy atom. The van der Waals surface area contributed by atoms with Gasteiger partial charge in [-0.05, 0) is 29.7 Å². The highest BCUT2D eigenvalue weighted by Gasteiger charge is 2.15. The van der Waals surface area contributed by atoms with Crippen LogP contribution in [0.3, 0.4) is 0 Å². The summed E-state index contributed by atoms with van der Waals surface area (Å²) in [5.41, 5.74) is 14.0. The fourth-order valence-electron chi connectivity index (χ4n) is 4.57. The highest BCUT2D eigenvalue weighted by Crippen LogP contribution is 2.34. The van der Waals surface area contributed by atoms with Gasteiger partial charge in [-0.1, -0.05) is 84.9 Å². The van der Waals surface area contributed by atoms with E-state index in [1.165, 1.54) is 0 Å². The summed E-state index contributed by atoms with van der Waals surface area (Å²) in [5, 5.41) is 8.53. The van der Waals surface area contributed by atoms with Crippen LogP contribution in [0.15, 0.2) is 103 Å². The Labute approximate surface area is 215 Å². The fraction of sp³-hybridized carbons (Fsp3) is 0.0968. The van der Waals surface area contributed by atoms with Crippen molar-refractivity contribution in [1.82, 2.24) is 25.1 Å². The van der Waals surface area contributed by atoms with Crippen LogP contribution < -0.4 is 5.73 Å². The largest absolute Gasteiger partial charge is 0.326 e. The first-order valence-corrected chi connectivity index (χ1v) is 12.4. The monoisotopic (exact) mass is 482 g/mol. The molecule has 0 aliphatic carbocycles. The van der Waals surface area contributed by atoms with Gasteiger partial charge >= 0.3 is 0 Å². The molecule has 0 radical (unpaired) electrons. The molecular formula is C31H26N6. The summed E-state index contributed by atoms with van der Waals surface area (Å²) < 4.78 is 0. The van der Waals surface area contributed by atoms with Crippen molar-refractivity contribution in [2.45, 2.75) is 19.4 Å². The van der Waals surface area contributed by atoms with E-state index in [1.807, 2.05) is 48.7 Å². The van der Waals surface area contributed by atoms with Gasteiger partial charge in [0, 0.05) is 41.2 Å². The molecular weight excluding hydrogens is 456 g/mol. The molecule has 180 valence electrons. The lowest BCUT2D eigenvalue weighted by Crippen LogP contribution is -2.00. The molecule has 0 spiro atoms. The van der Waals surface area contributed by atoms with E-state index in [0.717, 1.165) is 62.4 Å². The fourth-order valence-corrected chi connectivity index (χ4v) is 4.57. The van der Waals surface area contributed by atoms with E-state index in [4.69, 9.17) is 15.7 Å². The molecule has 6 heteroatoms. The van der Waals surface area contributed by atoms with E-state index in [0.29, 0.717) is 18.8 Å². The van der Waals surface area contributed by atoms with Crippen molar-refractivity contribution < 1.29 is 0 Å². The number of aromatic amines is 1. The third-order valence-electron chi connectivity index (χ3n) is 6.54. The average molecular weight is 483 g/mol. The minimum absolute atomic E-state index is 0.518. The first-order valence-electron chi connectivity index (χ1n) is 12.4. The first-order chi connectivity index (χ1) is 18.3. The van der Waals surface area contributed by atoms with Crippen molar-refractivity contribution in [2.24, 2.45) is 5.73 Å². The predicted molar refractivity (Wildman–Crippen MR) is 148 cm³/mol. The molecule has 0 saturated heterocycles. The molecule has 3 aromatic carbocycles. The maximum atomic E-state index is 5.82. The number of nitrogens with zero attached hydrogens (tertiary/aromatic N) is 4. The van der Waals surface area contributed by atoms with Crippen molar-refractivity contribution >= 4 is 10.9 Å². The highest BCUT2D eigenvalue weighted by atomic mass is 15.2. The number of hydrogen-bond acceptors (Lipinski definition) is 5. The quantitative estimate of drug-likeness (QED) is 0.291. The number of rotatable bonds is 7. The molecule has 0 aliphatic heterocycles. The van der Waals surface area contributed by atoms with Crippen LogP contribution in [0.2, 0.25) is 0 Å². The van der Waals surface area contributed by atoms with Crippen LogP contribution in [-0.4, -0.2) is 25.1 Å². The number of nitrogens with two attached hydrogens (primary N) is 1. The molecule has 3 heterocycles. The van der Waals surface area contributed by atoms with Gasteiger partial charge in [-0.3, -0.25) is 10.1 Å². The number of hydrogen-bond donors (Lipinski definition) is 2. The predicted octanol–water partition coefficient (Wildman–Crippen LogP) is 5.99. The number of pyridine rings is 2. The topological polar surface area (TPSA) is 93.4 Å². The van der Waals surface area contributed by atoms with Gasteiger partial charge in [-0.2, -0.15) is 5.10 Å². The SMILES string of the molecule is NCc1ccc(-c2nc3ccnc(CCc4nc(-c5ccccc5)n[nH]4)c3cc2-c2ccccc2)cc1. The van der Waals surface area contributed by atoms with E-state index < -0.39 is 0 Å². The van der Waals surface area contributed by atoms with Gasteiger partial charge in [0.1, 0.15) is 5.82 Å². The molecule has 37 heavy (non-hydrogen) atoms. The summed E-state index contributed by atoms with van der Waals surface area (Å²) in [7, 11) is 0. The third-order valence-corrected chi connectivity index (χ3v) is 6.54. The molecule has 0 fully saturated rings. The van der Waals surface area contributed by atoms with Crippen LogP contribution in [0, 0.1) is 0 Å². The van der Waals surface area contributed by atoms with Crippen molar-refractivity contribution in [3.63, 3.8) is 0 Å². The van der Waals surface area contributed by atoms with E-state index in [1.54, 1.807) is 0 Å². The van der Waals surface area contributed by atoms with Gasteiger partial charge in [-0.15, -0.1) is 0 Å². The number of nitrogens with one attached hydrogen (secondary N) is 1. The molecule has 6 aromatic rings. The Morgan fingerprint density at radius 2 is 1.43 bits per heavy atom. The van der Waals surface area contributed by atoms with Crippen molar-refractivity contribution in [3.05, 3.63) is 120 Å². The van der Waals surface area contributed by atoms with Crippen LogP contribution in [0.1, 0.15) is 17.1 Å². The van der Waals surface area contributed by atoms with Gasteiger partial charge in [0.05, 0.1) is 16.9 Å². The molecule has 0 aliphatic rings. The molecule has 0 unspecified atom stereocenters. The Kier molecular flexibility index (Phi) is 6.23. The van der Waals surface area contributed by atoms with Crippen molar-refractivity contribution in [2.75, 3.05) is 0 Å². The highest BCUT2D eigenvalue weighted by molar-refractivity contribution is 5.92. The van der Waals surface area contributed by atoms with Crippen LogP contribution in [0.4, 0.5) is 0 Å². The van der Waals surface area contributed by atoms with E-state index >= 15 is 0 Å². The summed E-state index contributed by atoms with van der Waals surface area (Å²) in [4.78, 5) is 14.6. The Bertz CT molecular complexity index is 1640. The Hall–Kier alpha value is -4.68. The van der Waals surface area contributed by atoms with Gasteiger partial charge in [0.25, 0.3) is 0 Å². The van der Waals surface area contributed by atoms with Crippen molar-refractivity contribution in [3.8, 4) is 33.8 Å². The zero-order valence-corrected chi connectivity index (χ0v) is 20.3. The summed E-state index contributed by atoms with van der Waals surface area (Å²) in [6.07, 6.45) is 3.26.